The molecule has 1 heterocycles. The van der Waals surface area contributed by atoms with Gasteiger partial charge in [-0.05, 0) is 12.1 Å². The van der Waals surface area contributed by atoms with Crippen LogP contribution in [0, 0.1) is 0 Å². The molecule has 1 aromatic rings. The molecule has 0 aromatic carbocycles. The van der Waals surface area contributed by atoms with Crippen molar-refractivity contribution in [1.82, 2.24) is 4.57 Å². The zero-order valence-electron chi connectivity index (χ0n) is 6.88. The molecule has 0 saturated carbocycles. The summed E-state index contributed by atoms with van der Waals surface area (Å²) >= 11 is 0. The molecule has 0 unspecified atom stereocenters. The molecule has 13 heavy (non-hydrogen) atoms. The minimum atomic E-state index is -4.37. The van der Waals surface area contributed by atoms with Gasteiger partial charge in [0, 0.05) is 18.9 Å². The van der Waals surface area contributed by atoms with Crippen LogP contribution in [0.15, 0.2) is 18.3 Å². The number of hydrogen-bond donors (Lipinski definition) is 1. The highest BCUT2D eigenvalue weighted by atomic mass is 35.5. The molecule has 0 bridgehead atoms. The SMILES string of the molecule is Cl.Cn1cccc1[C@H](N)C(F)(F)F. The van der Waals surface area contributed by atoms with Crippen LogP contribution in [-0.4, -0.2) is 10.7 Å². The van der Waals surface area contributed by atoms with Crippen molar-refractivity contribution in [2.45, 2.75) is 12.2 Å². The van der Waals surface area contributed by atoms with Gasteiger partial charge in [-0.2, -0.15) is 13.2 Å². The maximum absolute atomic E-state index is 12.1. The van der Waals surface area contributed by atoms with E-state index in [2.05, 4.69) is 0 Å². The summed E-state index contributed by atoms with van der Waals surface area (Å²) in [5, 5.41) is 0. The molecular formula is C7H10ClF3N2. The molecule has 0 aliphatic rings. The highest BCUT2D eigenvalue weighted by molar-refractivity contribution is 5.85. The smallest absolute Gasteiger partial charge is 0.353 e. The minimum absolute atomic E-state index is 0. The summed E-state index contributed by atoms with van der Waals surface area (Å²) in [7, 11) is 1.53. The van der Waals surface area contributed by atoms with E-state index in [1.54, 1.807) is 0 Å². The number of aryl methyl sites for hydroxylation is 1. The van der Waals surface area contributed by atoms with Crippen molar-refractivity contribution in [3.63, 3.8) is 0 Å². The van der Waals surface area contributed by atoms with Crippen LogP contribution in [0.2, 0.25) is 0 Å². The molecule has 6 heteroatoms. The Balaban J connectivity index is 0.00000144. The Morgan fingerprint density at radius 1 is 1.46 bits per heavy atom. The number of nitrogens with two attached hydrogens (primary N) is 1. The van der Waals surface area contributed by atoms with Crippen molar-refractivity contribution < 1.29 is 13.2 Å². The highest BCUT2D eigenvalue weighted by Gasteiger charge is 2.38. The largest absolute Gasteiger partial charge is 0.409 e. The van der Waals surface area contributed by atoms with Crippen molar-refractivity contribution >= 4 is 12.4 Å². The third-order valence-electron chi connectivity index (χ3n) is 1.66. The van der Waals surface area contributed by atoms with Crippen LogP contribution < -0.4 is 5.73 Å². The van der Waals surface area contributed by atoms with Crippen LogP contribution in [0.25, 0.3) is 0 Å². The summed E-state index contributed by atoms with van der Waals surface area (Å²) in [6, 6.07) is 0.997. The van der Waals surface area contributed by atoms with Gasteiger partial charge in [-0.25, -0.2) is 0 Å². The number of halogens is 4. The van der Waals surface area contributed by atoms with E-state index in [-0.39, 0.29) is 18.1 Å². The van der Waals surface area contributed by atoms with Crippen LogP contribution in [0.3, 0.4) is 0 Å². The summed E-state index contributed by atoms with van der Waals surface area (Å²) in [6.07, 6.45) is -2.84. The van der Waals surface area contributed by atoms with Crippen molar-refractivity contribution in [1.29, 1.82) is 0 Å². The van der Waals surface area contributed by atoms with E-state index in [9.17, 15) is 13.2 Å². The Bertz CT molecular complexity index is 269. The van der Waals surface area contributed by atoms with Gasteiger partial charge >= 0.3 is 6.18 Å². The lowest BCUT2D eigenvalue weighted by atomic mass is 10.2. The van der Waals surface area contributed by atoms with E-state index in [0.717, 1.165) is 0 Å². The quantitative estimate of drug-likeness (QED) is 0.762. The molecule has 1 atom stereocenters. The first kappa shape index (κ1) is 12.3. The lowest BCUT2D eigenvalue weighted by molar-refractivity contribution is -0.150. The fourth-order valence-electron chi connectivity index (χ4n) is 0.965. The first-order valence-corrected chi connectivity index (χ1v) is 3.36. The monoisotopic (exact) mass is 214 g/mol. The Labute approximate surface area is 79.9 Å². The van der Waals surface area contributed by atoms with Crippen LogP contribution in [0.5, 0.6) is 0 Å². The van der Waals surface area contributed by atoms with Gasteiger partial charge in [-0.3, -0.25) is 0 Å². The predicted molar refractivity (Wildman–Crippen MR) is 45.6 cm³/mol. The molecule has 0 spiro atoms. The van der Waals surface area contributed by atoms with E-state index in [0.29, 0.717) is 0 Å². The van der Waals surface area contributed by atoms with Gasteiger partial charge in [-0.1, -0.05) is 0 Å². The third kappa shape index (κ3) is 2.63. The Morgan fingerprint density at radius 3 is 2.31 bits per heavy atom. The summed E-state index contributed by atoms with van der Waals surface area (Å²) in [4.78, 5) is 0. The van der Waals surface area contributed by atoms with Crippen molar-refractivity contribution in [3.8, 4) is 0 Å². The molecule has 1 aromatic heterocycles. The molecule has 0 saturated heterocycles. The van der Waals surface area contributed by atoms with E-state index >= 15 is 0 Å². The molecule has 0 radical (unpaired) electrons. The zero-order chi connectivity index (χ0) is 9.35. The van der Waals surface area contributed by atoms with Crippen LogP contribution >= 0.6 is 12.4 Å². The molecule has 2 N–H and O–H groups in total. The number of hydrogen-bond acceptors (Lipinski definition) is 1. The van der Waals surface area contributed by atoms with E-state index in [1.165, 1.54) is 29.9 Å². The Morgan fingerprint density at radius 2 is 2.00 bits per heavy atom. The fraction of sp³-hybridized carbons (Fsp3) is 0.429. The molecule has 76 valence electrons. The number of rotatable bonds is 1. The molecular weight excluding hydrogens is 205 g/mol. The van der Waals surface area contributed by atoms with Gasteiger partial charge in [0.25, 0.3) is 0 Å². The van der Waals surface area contributed by atoms with Crippen molar-refractivity contribution in [3.05, 3.63) is 24.0 Å². The van der Waals surface area contributed by atoms with Gasteiger partial charge < -0.3 is 10.3 Å². The molecule has 0 aliphatic heterocycles. The molecule has 0 amide bonds. The number of nitrogens with zero attached hydrogens (tertiary/aromatic N) is 1. The van der Waals surface area contributed by atoms with Gasteiger partial charge in [0.05, 0.1) is 0 Å². The molecule has 0 aliphatic carbocycles. The molecule has 1 rings (SSSR count). The van der Waals surface area contributed by atoms with Gasteiger partial charge in [0.1, 0.15) is 6.04 Å². The van der Waals surface area contributed by atoms with Gasteiger partial charge in [0.2, 0.25) is 0 Å². The normalized spacial score (nSPS) is 13.6. The number of alkyl halides is 3. The standard InChI is InChI=1S/C7H9F3N2.ClH/c1-12-4-2-3-5(12)6(11)7(8,9)10;/h2-4,6H,11H2,1H3;1H/t6-;/m0./s1. The van der Waals surface area contributed by atoms with Crippen LogP contribution in [0.1, 0.15) is 11.7 Å². The first-order valence-electron chi connectivity index (χ1n) is 3.36. The van der Waals surface area contributed by atoms with Gasteiger partial charge in [0.15, 0.2) is 0 Å². The van der Waals surface area contributed by atoms with E-state index in [4.69, 9.17) is 5.73 Å². The van der Waals surface area contributed by atoms with E-state index < -0.39 is 12.2 Å². The summed E-state index contributed by atoms with van der Waals surface area (Å²) in [5.74, 6) is 0. The lowest BCUT2D eigenvalue weighted by Crippen LogP contribution is -2.29. The zero-order valence-corrected chi connectivity index (χ0v) is 7.69. The molecule has 0 fully saturated rings. The second kappa shape index (κ2) is 4.02. The molecule has 2 nitrogen and oxygen atoms in total. The first-order chi connectivity index (χ1) is 5.43. The van der Waals surface area contributed by atoms with E-state index in [1.807, 2.05) is 0 Å². The van der Waals surface area contributed by atoms with Gasteiger partial charge in [-0.15, -0.1) is 12.4 Å². The Kier molecular flexibility index (Phi) is 3.81. The summed E-state index contributed by atoms with van der Waals surface area (Å²) in [6.45, 7) is 0. The minimum Gasteiger partial charge on any atom is -0.353 e. The van der Waals surface area contributed by atoms with Crippen molar-refractivity contribution in [2.75, 3.05) is 0 Å². The topological polar surface area (TPSA) is 30.9 Å². The maximum atomic E-state index is 12.1. The highest BCUT2D eigenvalue weighted by Crippen LogP contribution is 2.29. The second-order valence-electron chi connectivity index (χ2n) is 2.56. The summed E-state index contributed by atoms with van der Waals surface area (Å²) < 4.78 is 37.5. The maximum Gasteiger partial charge on any atom is 0.409 e. The third-order valence-corrected chi connectivity index (χ3v) is 1.66. The van der Waals surface area contributed by atoms with Crippen molar-refractivity contribution in [2.24, 2.45) is 12.8 Å². The average Bonchev–Trinajstić information content (AvgIpc) is 2.31. The van der Waals surface area contributed by atoms with Crippen LogP contribution in [-0.2, 0) is 7.05 Å². The average molecular weight is 215 g/mol. The number of aromatic nitrogens is 1. The predicted octanol–water partition coefficient (Wildman–Crippen LogP) is 2.01. The second-order valence-corrected chi connectivity index (χ2v) is 2.56. The lowest BCUT2D eigenvalue weighted by Gasteiger charge is -2.16. The summed E-state index contributed by atoms with van der Waals surface area (Å²) in [5.41, 5.74) is 5.04. The fourth-order valence-corrected chi connectivity index (χ4v) is 0.965. The van der Waals surface area contributed by atoms with Crippen LogP contribution in [0.4, 0.5) is 13.2 Å². The Hall–Kier alpha value is -0.680.